The third kappa shape index (κ3) is 5.74. The van der Waals surface area contributed by atoms with Crippen molar-refractivity contribution in [2.24, 2.45) is 0 Å². The first-order valence-electron chi connectivity index (χ1n) is 11.6. The average molecular weight is 477 g/mol. The smallest absolute Gasteiger partial charge is 0.337 e. The van der Waals surface area contributed by atoms with Crippen molar-refractivity contribution in [3.05, 3.63) is 82.8 Å². The van der Waals surface area contributed by atoms with Crippen LogP contribution in [0.4, 0.5) is 0 Å². The Morgan fingerprint density at radius 3 is 2.69 bits per heavy atom. The molecule has 1 aromatic carbocycles. The van der Waals surface area contributed by atoms with Crippen LogP contribution in [-0.2, 0) is 11.2 Å². The molecule has 9 nitrogen and oxygen atoms in total. The Labute approximate surface area is 203 Å². The number of likely N-dealkylation sites (tertiary alicyclic amines) is 1. The predicted molar refractivity (Wildman–Crippen MR) is 127 cm³/mol. The summed E-state index contributed by atoms with van der Waals surface area (Å²) in [7, 11) is 1.34. The summed E-state index contributed by atoms with van der Waals surface area (Å²) in [4.78, 5) is 47.9. The lowest BCUT2D eigenvalue weighted by atomic mass is 9.90. The fraction of sp³-hybridized carbons (Fsp3) is 0.346. The second-order valence-corrected chi connectivity index (χ2v) is 8.46. The maximum atomic E-state index is 13.0. The summed E-state index contributed by atoms with van der Waals surface area (Å²) in [6, 6.07) is 10.5. The van der Waals surface area contributed by atoms with E-state index in [-0.39, 0.29) is 17.7 Å². The van der Waals surface area contributed by atoms with Crippen LogP contribution >= 0.6 is 0 Å². The molecule has 1 fully saturated rings. The number of nitrogens with one attached hydrogen (secondary N) is 1. The number of hydrogen-bond donors (Lipinski definition) is 1. The van der Waals surface area contributed by atoms with E-state index in [1.807, 2.05) is 6.07 Å². The molecule has 1 aliphatic rings. The van der Waals surface area contributed by atoms with Gasteiger partial charge in [0.15, 0.2) is 5.76 Å². The number of aryl methyl sites for hydroxylation is 1. The van der Waals surface area contributed by atoms with Gasteiger partial charge in [0.05, 0.1) is 30.2 Å². The minimum atomic E-state index is -0.394. The number of nitrogens with zero attached hydrogens (tertiary/aromatic N) is 3. The molecule has 1 N–H and O–H groups in total. The normalized spacial score (nSPS) is 13.9. The van der Waals surface area contributed by atoms with Gasteiger partial charge in [-0.15, -0.1) is 0 Å². The summed E-state index contributed by atoms with van der Waals surface area (Å²) >= 11 is 0. The number of benzene rings is 1. The van der Waals surface area contributed by atoms with Crippen LogP contribution in [0.3, 0.4) is 0 Å². The van der Waals surface area contributed by atoms with Gasteiger partial charge in [0, 0.05) is 31.7 Å². The maximum Gasteiger partial charge on any atom is 0.337 e. The third-order valence-electron chi connectivity index (χ3n) is 6.13. The van der Waals surface area contributed by atoms with Crippen molar-refractivity contribution in [1.29, 1.82) is 0 Å². The van der Waals surface area contributed by atoms with Crippen LogP contribution in [0.25, 0.3) is 0 Å². The average Bonchev–Trinajstić information content (AvgIpc) is 3.43. The first kappa shape index (κ1) is 24.1. The van der Waals surface area contributed by atoms with E-state index < -0.39 is 5.97 Å². The number of aromatic nitrogens is 2. The molecule has 3 aromatic rings. The monoisotopic (exact) mass is 476 g/mol. The zero-order chi connectivity index (χ0) is 24.8. The van der Waals surface area contributed by atoms with E-state index in [0.29, 0.717) is 67.3 Å². The molecule has 0 radical (unpaired) electrons. The lowest BCUT2D eigenvalue weighted by Gasteiger charge is -2.31. The van der Waals surface area contributed by atoms with Gasteiger partial charge in [0.25, 0.3) is 11.8 Å². The second-order valence-electron chi connectivity index (χ2n) is 8.46. The maximum absolute atomic E-state index is 13.0. The predicted octanol–water partition coefficient (Wildman–Crippen LogP) is 3.16. The molecule has 1 aliphatic heterocycles. The first-order chi connectivity index (χ1) is 17.0. The molecule has 0 atom stereocenters. The minimum Gasteiger partial charge on any atom is -0.465 e. The topological polar surface area (TPSA) is 115 Å². The van der Waals surface area contributed by atoms with Gasteiger partial charge < -0.3 is 19.4 Å². The van der Waals surface area contributed by atoms with E-state index in [4.69, 9.17) is 9.15 Å². The molecule has 3 heterocycles. The van der Waals surface area contributed by atoms with Crippen molar-refractivity contribution in [2.45, 2.75) is 32.1 Å². The van der Waals surface area contributed by atoms with Gasteiger partial charge in [-0.2, -0.15) is 0 Å². The summed E-state index contributed by atoms with van der Waals surface area (Å²) in [5.74, 6) is 0.229. The number of carbonyl (C=O) groups excluding carboxylic acids is 3. The number of ether oxygens (including phenoxy) is 1. The molecule has 0 bridgehead atoms. The second kappa shape index (κ2) is 10.9. The van der Waals surface area contributed by atoms with Crippen molar-refractivity contribution in [3.63, 3.8) is 0 Å². The highest BCUT2D eigenvalue weighted by atomic mass is 16.5. The molecule has 2 aromatic heterocycles. The van der Waals surface area contributed by atoms with E-state index in [0.717, 1.165) is 5.56 Å². The van der Waals surface area contributed by atoms with Gasteiger partial charge in [-0.25, -0.2) is 14.8 Å². The summed E-state index contributed by atoms with van der Waals surface area (Å²) in [6.07, 6.45) is 5.02. The van der Waals surface area contributed by atoms with Gasteiger partial charge in [-0.3, -0.25) is 9.59 Å². The Bertz CT molecular complexity index is 1200. The molecule has 182 valence electrons. The van der Waals surface area contributed by atoms with E-state index >= 15 is 0 Å². The Hall–Kier alpha value is -4.01. The number of rotatable bonds is 7. The van der Waals surface area contributed by atoms with E-state index in [1.54, 1.807) is 48.4 Å². The molecule has 0 aliphatic carbocycles. The zero-order valence-electron chi connectivity index (χ0n) is 19.8. The van der Waals surface area contributed by atoms with Crippen molar-refractivity contribution < 1.29 is 23.5 Å². The van der Waals surface area contributed by atoms with Crippen LogP contribution in [0, 0.1) is 6.92 Å². The summed E-state index contributed by atoms with van der Waals surface area (Å²) in [5, 5.41) is 2.94. The first-order valence-corrected chi connectivity index (χ1v) is 11.6. The molecule has 4 rings (SSSR count). The number of amides is 2. The fourth-order valence-electron chi connectivity index (χ4n) is 4.27. The Balaban J connectivity index is 1.38. The van der Waals surface area contributed by atoms with Crippen LogP contribution in [0.2, 0.25) is 0 Å². The molecular formula is C26H28N4O5. The van der Waals surface area contributed by atoms with Crippen LogP contribution < -0.4 is 5.32 Å². The SMILES string of the molecule is COC(=O)c1cccc(CCNC(=O)c2cnc(C)nc2C2CCN(C(=O)c3ccco3)CC2)c1. The molecular weight excluding hydrogens is 448 g/mol. The summed E-state index contributed by atoms with van der Waals surface area (Å²) in [5.41, 5.74) is 2.56. The Morgan fingerprint density at radius 1 is 1.17 bits per heavy atom. The van der Waals surface area contributed by atoms with Crippen molar-refractivity contribution in [2.75, 3.05) is 26.7 Å². The van der Waals surface area contributed by atoms with E-state index in [9.17, 15) is 14.4 Å². The Kier molecular flexibility index (Phi) is 7.54. The summed E-state index contributed by atoms with van der Waals surface area (Å²) in [6.45, 7) is 3.32. The molecule has 0 unspecified atom stereocenters. The highest BCUT2D eigenvalue weighted by molar-refractivity contribution is 5.95. The quantitative estimate of drug-likeness (QED) is 0.521. The third-order valence-corrected chi connectivity index (χ3v) is 6.13. The van der Waals surface area contributed by atoms with Crippen molar-refractivity contribution >= 4 is 17.8 Å². The highest BCUT2D eigenvalue weighted by Gasteiger charge is 2.29. The number of hydrogen-bond acceptors (Lipinski definition) is 7. The Morgan fingerprint density at radius 2 is 1.97 bits per heavy atom. The highest BCUT2D eigenvalue weighted by Crippen LogP contribution is 2.29. The van der Waals surface area contributed by atoms with Crippen LogP contribution in [-0.4, -0.2) is 59.4 Å². The molecule has 0 saturated carbocycles. The van der Waals surface area contributed by atoms with Crippen LogP contribution in [0.5, 0.6) is 0 Å². The van der Waals surface area contributed by atoms with Gasteiger partial charge in [0.2, 0.25) is 0 Å². The molecule has 35 heavy (non-hydrogen) atoms. The van der Waals surface area contributed by atoms with E-state index in [2.05, 4.69) is 15.3 Å². The van der Waals surface area contributed by atoms with Crippen molar-refractivity contribution in [3.8, 4) is 0 Å². The van der Waals surface area contributed by atoms with Gasteiger partial charge in [-0.05, 0) is 56.0 Å². The van der Waals surface area contributed by atoms with Crippen LogP contribution in [0.15, 0.2) is 53.3 Å². The number of carbonyl (C=O) groups is 3. The lowest BCUT2D eigenvalue weighted by Crippen LogP contribution is -2.38. The van der Waals surface area contributed by atoms with Crippen LogP contribution in [0.1, 0.15) is 67.1 Å². The minimum absolute atomic E-state index is 0.0508. The number of esters is 1. The molecule has 2 amide bonds. The number of methoxy groups -OCH3 is 1. The summed E-state index contributed by atoms with van der Waals surface area (Å²) < 4.78 is 9.99. The fourth-order valence-corrected chi connectivity index (χ4v) is 4.27. The zero-order valence-corrected chi connectivity index (χ0v) is 19.8. The number of furan rings is 1. The largest absolute Gasteiger partial charge is 0.465 e. The standard InChI is InChI=1S/C26H28N4O5/c1-17-28-16-21(24(31)27-11-8-18-5-3-6-20(15-18)26(33)34-2)23(29-17)19-9-12-30(13-10-19)25(32)22-7-4-14-35-22/h3-7,14-16,19H,8-13H2,1-2H3,(H,27,31). The molecule has 9 heteroatoms. The molecule has 0 spiro atoms. The van der Waals surface area contributed by atoms with Gasteiger partial charge in [0.1, 0.15) is 5.82 Å². The van der Waals surface area contributed by atoms with Gasteiger partial charge >= 0.3 is 5.97 Å². The number of piperidine rings is 1. The van der Waals surface area contributed by atoms with E-state index in [1.165, 1.54) is 13.4 Å². The lowest BCUT2D eigenvalue weighted by molar-refractivity contribution is 0.0599. The van der Waals surface area contributed by atoms with Crippen molar-refractivity contribution in [1.82, 2.24) is 20.2 Å². The van der Waals surface area contributed by atoms with Gasteiger partial charge in [-0.1, -0.05) is 12.1 Å². The molecule has 1 saturated heterocycles.